The zero-order chi connectivity index (χ0) is 16.0. The van der Waals surface area contributed by atoms with Gasteiger partial charge >= 0.3 is 0 Å². The topological polar surface area (TPSA) is 89.1 Å². The number of rotatable bonds is 5. The van der Waals surface area contributed by atoms with E-state index < -0.39 is 6.10 Å². The number of aliphatic hydroxyl groups is 1. The second-order valence-corrected chi connectivity index (χ2v) is 5.76. The number of benzene rings is 1. The number of hydrogen-bond acceptors (Lipinski definition) is 4. The Hall–Kier alpha value is -1.95. The van der Waals surface area contributed by atoms with E-state index in [2.05, 4.69) is 10.3 Å². The first-order chi connectivity index (χ1) is 9.75. The SMILES string of the molecule is COc1cc(OC)cc(C(O)CN=C(N)NC(C)(C)C)c1. The third-order valence-electron chi connectivity index (χ3n) is 2.70. The average molecular weight is 295 g/mol. The minimum atomic E-state index is -0.783. The van der Waals surface area contributed by atoms with E-state index in [-0.39, 0.29) is 12.1 Å². The smallest absolute Gasteiger partial charge is 0.189 e. The van der Waals surface area contributed by atoms with Crippen LogP contribution in [0.3, 0.4) is 0 Å². The van der Waals surface area contributed by atoms with Crippen molar-refractivity contribution in [2.45, 2.75) is 32.4 Å². The van der Waals surface area contributed by atoms with Crippen LogP contribution >= 0.6 is 0 Å². The number of aliphatic hydroxyl groups excluding tert-OH is 1. The van der Waals surface area contributed by atoms with E-state index in [0.29, 0.717) is 23.0 Å². The maximum absolute atomic E-state index is 10.2. The summed E-state index contributed by atoms with van der Waals surface area (Å²) in [6.45, 7) is 6.11. The van der Waals surface area contributed by atoms with E-state index in [1.165, 1.54) is 0 Å². The highest BCUT2D eigenvalue weighted by Crippen LogP contribution is 2.26. The predicted molar refractivity (Wildman–Crippen MR) is 83.9 cm³/mol. The molecule has 0 bridgehead atoms. The molecule has 1 aromatic rings. The fourth-order valence-electron chi connectivity index (χ4n) is 1.74. The van der Waals surface area contributed by atoms with Crippen molar-refractivity contribution in [1.82, 2.24) is 5.32 Å². The third-order valence-corrected chi connectivity index (χ3v) is 2.70. The van der Waals surface area contributed by atoms with Gasteiger partial charge in [0.25, 0.3) is 0 Å². The van der Waals surface area contributed by atoms with Crippen LogP contribution in [0.4, 0.5) is 0 Å². The van der Waals surface area contributed by atoms with Crippen LogP contribution in [0.1, 0.15) is 32.4 Å². The van der Waals surface area contributed by atoms with Gasteiger partial charge in [-0.05, 0) is 38.5 Å². The molecule has 21 heavy (non-hydrogen) atoms. The highest BCUT2D eigenvalue weighted by atomic mass is 16.5. The van der Waals surface area contributed by atoms with Crippen molar-refractivity contribution in [3.8, 4) is 11.5 Å². The molecule has 0 aromatic heterocycles. The third kappa shape index (κ3) is 5.91. The molecular formula is C15H25N3O3. The Morgan fingerprint density at radius 2 is 1.76 bits per heavy atom. The molecule has 0 radical (unpaired) electrons. The summed E-state index contributed by atoms with van der Waals surface area (Å²) in [6, 6.07) is 5.24. The molecule has 0 aliphatic heterocycles. The van der Waals surface area contributed by atoms with Gasteiger partial charge in [-0.1, -0.05) is 0 Å². The number of aliphatic imine (C=N–C) groups is 1. The fourth-order valence-corrected chi connectivity index (χ4v) is 1.74. The normalized spacial score (nSPS) is 13.7. The predicted octanol–water partition coefficient (Wildman–Crippen LogP) is 1.44. The Morgan fingerprint density at radius 3 is 2.19 bits per heavy atom. The number of hydrogen-bond donors (Lipinski definition) is 3. The number of nitrogens with zero attached hydrogens (tertiary/aromatic N) is 1. The number of ether oxygens (including phenoxy) is 2. The van der Waals surface area contributed by atoms with Crippen LogP contribution in [0.2, 0.25) is 0 Å². The van der Waals surface area contributed by atoms with Gasteiger partial charge in [-0.25, -0.2) is 0 Å². The first-order valence-corrected chi connectivity index (χ1v) is 6.74. The van der Waals surface area contributed by atoms with Gasteiger partial charge in [0.2, 0.25) is 0 Å². The van der Waals surface area contributed by atoms with Crippen LogP contribution < -0.4 is 20.5 Å². The van der Waals surface area contributed by atoms with E-state index in [4.69, 9.17) is 15.2 Å². The molecule has 0 amide bonds. The molecule has 0 aliphatic rings. The van der Waals surface area contributed by atoms with Gasteiger partial charge in [0.15, 0.2) is 5.96 Å². The van der Waals surface area contributed by atoms with Crippen LogP contribution in [0.25, 0.3) is 0 Å². The lowest BCUT2D eigenvalue weighted by molar-refractivity contribution is 0.186. The Bertz CT molecular complexity index is 473. The van der Waals surface area contributed by atoms with Crippen molar-refractivity contribution in [2.75, 3.05) is 20.8 Å². The van der Waals surface area contributed by atoms with Crippen molar-refractivity contribution in [3.05, 3.63) is 23.8 Å². The van der Waals surface area contributed by atoms with Crippen LogP contribution in [0, 0.1) is 0 Å². The maximum Gasteiger partial charge on any atom is 0.189 e. The summed E-state index contributed by atoms with van der Waals surface area (Å²) >= 11 is 0. The highest BCUT2D eigenvalue weighted by molar-refractivity contribution is 5.78. The lowest BCUT2D eigenvalue weighted by atomic mass is 10.1. The van der Waals surface area contributed by atoms with Crippen LogP contribution in [-0.4, -0.2) is 37.4 Å². The van der Waals surface area contributed by atoms with E-state index in [1.807, 2.05) is 20.8 Å². The number of guanidine groups is 1. The molecule has 0 saturated carbocycles. The summed E-state index contributed by atoms with van der Waals surface area (Å²) in [6.07, 6.45) is -0.783. The maximum atomic E-state index is 10.2. The van der Waals surface area contributed by atoms with Gasteiger partial charge in [-0.2, -0.15) is 0 Å². The standard InChI is InChI=1S/C15H25N3O3/c1-15(2,3)18-14(16)17-9-13(19)10-6-11(20-4)8-12(7-10)21-5/h6-8,13,19H,9H2,1-5H3,(H3,16,17,18). The number of nitrogens with two attached hydrogens (primary N) is 1. The van der Waals surface area contributed by atoms with Crippen LogP contribution in [-0.2, 0) is 0 Å². The van der Waals surface area contributed by atoms with Gasteiger partial charge in [0.1, 0.15) is 11.5 Å². The summed E-state index contributed by atoms with van der Waals surface area (Å²) < 4.78 is 10.3. The molecule has 6 heteroatoms. The molecule has 0 aliphatic carbocycles. The number of nitrogens with one attached hydrogen (secondary N) is 1. The van der Waals surface area contributed by atoms with Gasteiger partial charge in [0.05, 0.1) is 26.9 Å². The van der Waals surface area contributed by atoms with Gasteiger partial charge in [-0.3, -0.25) is 4.99 Å². The lowest BCUT2D eigenvalue weighted by Crippen LogP contribution is -2.45. The zero-order valence-corrected chi connectivity index (χ0v) is 13.3. The summed E-state index contributed by atoms with van der Waals surface area (Å²) in [7, 11) is 3.13. The second kappa shape index (κ2) is 7.17. The van der Waals surface area contributed by atoms with Crippen molar-refractivity contribution in [3.63, 3.8) is 0 Å². The second-order valence-electron chi connectivity index (χ2n) is 5.76. The van der Waals surface area contributed by atoms with Crippen LogP contribution in [0.5, 0.6) is 11.5 Å². The van der Waals surface area contributed by atoms with Crippen molar-refractivity contribution >= 4 is 5.96 Å². The lowest BCUT2D eigenvalue weighted by Gasteiger charge is -2.21. The molecule has 0 spiro atoms. The van der Waals surface area contributed by atoms with Gasteiger partial charge in [0, 0.05) is 11.6 Å². The average Bonchev–Trinajstić information content (AvgIpc) is 2.42. The molecule has 6 nitrogen and oxygen atoms in total. The highest BCUT2D eigenvalue weighted by Gasteiger charge is 2.13. The molecule has 1 atom stereocenters. The number of methoxy groups -OCH3 is 2. The minimum absolute atomic E-state index is 0.158. The summed E-state index contributed by atoms with van der Waals surface area (Å²) in [5, 5.41) is 13.2. The minimum Gasteiger partial charge on any atom is -0.497 e. The van der Waals surface area contributed by atoms with Crippen molar-refractivity contribution < 1.29 is 14.6 Å². The molecule has 1 unspecified atom stereocenters. The first-order valence-electron chi connectivity index (χ1n) is 6.74. The fraction of sp³-hybridized carbons (Fsp3) is 0.533. The Morgan fingerprint density at radius 1 is 1.24 bits per heavy atom. The van der Waals surface area contributed by atoms with Gasteiger partial charge in [-0.15, -0.1) is 0 Å². The molecule has 0 saturated heterocycles. The van der Waals surface area contributed by atoms with Crippen molar-refractivity contribution in [2.24, 2.45) is 10.7 Å². The first kappa shape index (κ1) is 17.1. The monoisotopic (exact) mass is 295 g/mol. The summed E-state index contributed by atoms with van der Waals surface area (Å²) in [5.41, 5.74) is 6.27. The van der Waals surface area contributed by atoms with Crippen molar-refractivity contribution in [1.29, 1.82) is 0 Å². The molecule has 118 valence electrons. The Kier molecular flexibility index (Phi) is 5.84. The molecular weight excluding hydrogens is 270 g/mol. The quantitative estimate of drug-likeness (QED) is 0.565. The summed E-state index contributed by atoms with van der Waals surface area (Å²) in [5.74, 6) is 1.54. The van der Waals surface area contributed by atoms with E-state index in [1.54, 1.807) is 32.4 Å². The Labute approximate surface area is 126 Å². The molecule has 1 aromatic carbocycles. The molecule has 0 fully saturated rings. The van der Waals surface area contributed by atoms with E-state index >= 15 is 0 Å². The largest absolute Gasteiger partial charge is 0.497 e. The van der Waals surface area contributed by atoms with E-state index in [9.17, 15) is 5.11 Å². The molecule has 4 N–H and O–H groups in total. The van der Waals surface area contributed by atoms with E-state index in [0.717, 1.165) is 0 Å². The molecule has 0 heterocycles. The summed E-state index contributed by atoms with van der Waals surface area (Å²) in [4.78, 5) is 4.15. The van der Waals surface area contributed by atoms with Gasteiger partial charge < -0.3 is 25.6 Å². The zero-order valence-electron chi connectivity index (χ0n) is 13.3. The molecule has 1 rings (SSSR count). The Balaban J connectivity index is 2.79. The van der Waals surface area contributed by atoms with Crippen LogP contribution in [0.15, 0.2) is 23.2 Å².